The molecule has 0 aliphatic rings. The van der Waals surface area contributed by atoms with Gasteiger partial charge in [0.05, 0.1) is 30.6 Å². The number of H-pyrrole nitrogens is 1. The van der Waals surface area contributed by atoms with E-state index in [4.69, 9.17) is 5.11 Å². The molecule has 0 bridgehead atoms. The number of aromatic amines is 1. The Morgan fingerprint density at radius 3 is 2.80 bits per heavy atom. The molecule has 108 valence electrons. The highest BCUT2D eigenvalue weighted by Gasteiger charge is 2.14. The maximum absolute atomic E-state index is 12.4. The molecule has 0 aliphatic carbocycles. The second-order valence-electron chi connectivity index (χ2n) is 4.38. The molecule has 1 heterocycles. The number of aliphatic hydroxyl groups is 1. The average Bonchev–Trinajstić information content (AvgIpc) is 2.38. The van der Waals surface area contributed by atoms with Gasteiger partial charge < -0.3 is 10.1 Å². The largest absolute Gasteiger partial charge is 0.395 e. The van der Waals surface area contributed by atoms with Crippen molar-refractivity contribution in [3.05, 3.63) is 40.4 Å². The van der Waals surface area contributed by atoms with Crippen LogP contribution in [0.4, 0.5) is 8.78 Å². The molecule has 0 fully saturated rings. The number of nitrogens with one attached hydrogen (secondary N) is 1. The third-order valence-electron chi connectivity index (χ3n) is 2.85. The van der Waals surface area contributed by atoms with Crippen LogP contribution in [0.1, 0.15) is 5.82 Å². The zero-order chi connectivity index (χ0) is 14.5. The molecule has 0 saturated heterocycles. The van der Waals surface area contributed by atoms with Gasteiger partial charge in [-0.2, -0.15) is 0 Å². The summed E-state index contributed by atoms with van der Waals surface area (Å²) in [5.41, 5.74) is 0.221. The SMILES string of the molecule is O=c1[nH]c(CN(CCO)CC(F)F)nc2ccccc12. The van der Waals surface area contributed by atoms with Crippen LogP contribution in [0, 0.1) is 0 Å². The number of aliphatic hydroxyl groups excluding tert-OH is 1. The number of hydrogen-bond donors (Lipinski definition) is 2. The van der Waals surface area contributed by atoms with Crippen molar-refractivity contribution >= 4 is 10.9 Å². The van der Waals surface area contributed by atoms with Crippen LogP contribution >= 0.6 is 0 Å². The fraction of sp³-hybridized carbons (Fsp3) is 0.385. The van der Waals surface area contributed by atoms with Gasteiger partial charge in [0.2, 0.25) is 0 Å². The first-order valence-corrected chi connectivity index (χ1v) is 6.19. The van der Waals surface area contributed by atoms with Gasteiger partial charge in [-0.25, -0.2) is 13.8 Å². The Balaban J connectivity index is 2.25. The van der Waals surface area contributed by atoms with Gasteiger partial charge in [0.25, 0.3) is 12.0 Å². The Bertz CT molecular complexity index is 630. The zero-order valence-electron chi connectivity index (χ0n) is 10.7. The molecule has 1 aromatic carbocycles. The summed E-state index contributed by atoms with van der Waals surface area (Å²) in [5.74, 6) is 0.308. The molecule has 2 N–H and O–H groups in total. The molecule has 0 saturated carbocycles. The van der Waals surface area contributed by atoms with Gasteiger partial charge in [-0.15, -0.1) is 0 Å². The second-order valence-corrected chi connectivity index (χ2v) is 4.38. The fourth-order valence-electron chi connectivity index (χ4n) is 1.99. The van der Waals surface area contributed by atoms with Crippen LogP contribution in [0.15, 0.2) is 29.1 Å². The molecule has 0 spiro atoms. The minimum atomic E-state index is -2.51. The summed E-state index contributed by atoms with van der Waals surface area (Å²) >= 11 is 0. The minimum absolute atomic E-state index is 0.0605. The van der Waals surface area contributed by atoms with E-state index in [2.05, 4.69) is 9.97 Å². The summed E-state index contributed by atoms with van der Waals surface area (Å²) in [7, 11) is 0. The van der Waals surface area contributed by atoms with Crippen LogP contribution in [0.3, 0.4) is 0 Å². The molecule has 2 aromatic rings. The third kappa shape index (κ3) is 3.58. The van der Waals surface area contributed by atoms with Gasteiger partial charge in [-0.3, -0.25) is 9.69 Å². The molecule has 1 aromatic heterocycles. The molecular formula is C13H15F2N3O2. The minimum Gasteiger partial charge on any atom is -0.395 e. The van der Waals surface area contributed by atoms with E-state index >= 15 is 0 Å². The van der Waals surface area contributed by atoms with Crippen LogP contribution in [0.2, 0.25) is 0 Å². The van der Waals surface area contributed by atoms with E-state index in [1.54, 1.807) is 24.3 Å². The summed E-state index contributed by atoms with van der Waals surface area (Å²) in [5, 5.41) is 9.33. The summed E-state index contributed by atoms with van der Waals surface area (Å²) in [4.78, 5) is 20.0. The Morgan fingerprint density at radius 1 is 1.35 bits per heavy atom. The van der Waals surface area contributed by atoms with Crippen LogP contribution in [0.25, 0.3) is 10.9 Å². The Morgan fingerprint density at radius 2 is 2.10 bits per heavy atom. The van der Waals surface area contributed by atoms with Crippen molar-refractivity contribution in [3.8, 4) is 0 Å². The lowest BCUT2D eigenvalue weighted by Gasteiger charge is -2.20. The number of rotatable bonds is 6. The highest BCUT2D eigenvalue weighted by molar-refractivity contribution is 5.77. The van der Waals surface area contributed by atoms with Crippen molar-refractivity contribution in [1.82, 2.24) is 14.9 Å². The van der Waals surface area contributed by atoms with Crippen LogP contribution in [0.5, 0.6) is 0 Å². The van der Waals surface area contributed by atoms with E-state index < -0.39 is 13.0 Å². The fourth-order valence-corrected chi connectivity index (χ4v) is 1.99. The van der Waals surface area contributed by atoms with Crippen LogP contribution < -0.4 is 5.56 Å². The van der Waals surface area contributed by atoms with Crippen LogP contribution in [-0.2, 0) is 6.54 Å². The van der Waals surface area contributed by atoms with Crippen molar-refractivity contribution < 1.29 is 13.9 Å². The number of nitrogens with zero attached hydrogens (tertiary/aromatic N) is 2. The molecule has 7 heteroatoms. The molecule has 0 atom stereocenters. The Kier molecular flexibility index (Phi) is 4.75. The van der Waals surface area contributed by atoms with E-state index in [9.17, 15) is 13.6 Å². The van der Waals surface area contributed by atoms with Crippen molar-refractivity contribution in [2.75, 3.05) is 19.7 Å². The number of benzene rings is 1. The maximum Gasteiger partial charge on any atom is 0.258 e. The smallest absolute Gasteiger partial charge is 0.258 e. The summed E-state index contributed by atoms with van der Waals surface area (Å²) in [6.07, 6.45) is -2.51. The zero-order valence-corrected chi connectivity index (χ0v) is 10.7. The molecule has 0 radical (unpaired) electrons. The van der Waals surface area contributed by atoms with Gasteiger partial charge in [0, 0.05) is 6.54 Å². The van der Waals surface area contributed by atoms with Crippen LogP contribution in [-0.4, -0.2) is 46.1 Å². The van der Waals surface area contributed by atoms with E-state index in [-0.39, 0.29) is 25.3 Å². The van der Waals surface area contributed by atoms with Gasteiger partial charge in [0.15, 0.2) is 0 Å². The number of alkyl halides is 2. The topological polar surface area (TPSA) is 69.2 Å². The second kappa shape index (κ2) is 6.53. The van der Waals surface area contributed by atoms with Gasteiger partial charge >= 0.3 is 0 Å². The number of hydrogen-bond acceptors (Lipinski definition) is 4. The first kappa shape index (κ1) is 14.5. The van der Waals surface area contributed by atoms with Crippen molar-refractivity contribution in [2.24, 2.45) is 0 Å². The molecule has 5 nitrogen and oxygen atoms in total. The maximum atomic E-state index is 12.4. The lowest BCUT2D eigenvalue weighted by atomic mass is 10.2. The quantitative estimate of drug-likeness (QED) is 0.829. The van der Waals surface area contributed by atoms with Gasteiger partial charge in [-0.1, -0.05) is 12.1 Å². The lowest BCUT2D eigenvalue weighted by Crippen LogP contribution is -2.32. The molecule has 0 unspecified atom stereocenters. The molecular weight excluding hydrogens is 268 g/mol. The Hall–Kier alpha value is -1.86. The van der Waals surface area contributed by atoms with E-state index in [0.717, 1.165) is 0 Å². The van der Waals surface area contributed by atoms with E-state index in [0.29, 0.717) is 16.7 Å². The first-order valence-electron chi connectivity index (χ1n) is 6.19. The number of aromatic nitrogens is 2. The lowest BCUT2D eigenvalue weighted by molar-refractivity contribution is 0.0734. The molecule has 0 amide bonds. The number of halogens is 2. The van der Waals surface area contributed by atoms with Crippen molar-refractivity contribution in [1.29, 1.82) is 0 Å². The first-order chi connectivity index (χ1) is 9.60. The predicted molar refractivity (Wildman–Crippen MR) is 70.7 cm³/mol. The van der Waals surface area contributed by atoms with Crippen molar-refractivity contribution in [2.45, 2.75) is 13.0 Å². The summed E-state index contributed by atoms with van der Waals surface area (Å²) in [6.45, 7) is -0.548. The molecule has 20 heavy (non-hydrogen) atoms. The summed E-state index contributed by atoms with van der Waals surface area (Å²) in [6, 6.07) is 6.82. The summed E-state index contributed by atoms with van der Waals surface area (Å²) < 4.78 is 24.9. The normalized spacial score (nSPS) is 11.7. The number of fused-ring (bicyclic) bond motifs is 1. The standard InChI is InChI=1S/C13H15F2N3O2/c14-11(15)7-18(5-6-19)8-12-16-10-4-2-1-3-9(10)13(20)17-12/h1-4,11,19H,5-8H2,(H,16,17,20). The third-order valence-corrected chi connectivity index (χ3v) is 2.85. The highest BCUT2D eigenvalue weighted by atomic mass is 19.3. The van der Waals surface area contributed by atoms with E-state index in [1.165, 1.54) is 4.90 Å². The Labute approximate surface area is 113 Å². The predicted octanol–water partition coefficient (Wildman–Crippen LogP) is 0.982. The van der Waals surface area contributed by atoms with Gasteiger partial charge in [0.1, 0.15) is 5.82 Å². The highest BCUT2D eigenvalue weighted by Crippen LogP contribution is 2.08. The molecule has 0 aliphatic heterocycles. The van der Waals surface area contributed by atoms with Gasteiger partial charge in [-0.05, 0) is 12.1 Å². The monoisotopic (exact) mass is 283 g/mol. The molecule has 2 rings (SSSR count). The number of para-hydroxylation sites is 1. The van der Waals surface area contributed by atoms with Crippen molar-refractivity contribution in [3.63, 3.8) is 0 Å². The van der Waals surface area contributed by atoms with E-state index in [1.807, 2.05) is 0 Å². The average molecular weight is 283 g/mol.